The van der Waals surface area contributed by atoms with Crippen LogP contribution in [0, 0.1) is 0 Å². The van der Waals surface area contributed by atoms with E-state index < -0.39 is 0 Å². The molecule has 0 unspecified atom stereocenters. The third kappa shape index (κ3) is 4.45. The SMILES string of the molecule is CC(C)NC(=O)c1cc(Nc2ccc3c(c2)OCCO3)nc(-c2ccccc2)n1. The molecular weight excluding hydrogens is 368 g/mol. The van der Waals surface area contributed by atoms with Crippen LogP contribution in [-0.4, -0.2) is 35.1 Å². The molecule has 1 amide bonds. The number of benzene rings is 2. The smallest absolute Gasteiger partial charge is 0.270 e. The standard InChI is InChI=1S/C22H22N4O3/c1-14(2)23-22(27)17-13-20(26-21(25-17)15-6-4-3-5-7-15)24-16-8-9-18-19(12-16)29-11-10-28-18/h3-9,12-14H,10-11H2,1-2H3,(H,23,27)(H,24,25,26). The number of hydrogen-bond donors (Lipinski definition) is 2. The van der Waals surface area contributed by atoms with E-state index in [-0.39, 0.29) is 11.9 Å². The van der Waals surface area contributed by atoms with Crippen LogP contribution in [0.1, 0.15) is 24.3 Å². The van der Waals surface area contributed by atoms with Gasteiger partial charge in [0.25, 0.3) is 5.91 Å². The van der Waals surface area contributed by atoms with E-state index in [1.807, 2.05) is 62.4 Å². The second-order valence-corrected chi connectivity index (χ2v) is 6.94. The molecule has 2 N–H and O–H groups in total. The molecule has 0 saturated carbocycles. The molecule has 0 saturated heterocycles. The first-order chi connectivity index (χ1) is 14.1. The summed E-state index contributed by atoms with van der Waals surface area (Å²) >= 11 is 0. The molecule has 7 nitrogen and oxygen atoms in total. The van der Waals surface area contributed by atoms with Crippen molar-refractivity contribution in [1.82, 2.24) is 15.3 Å². The number of fused-ring (bicyclic) bond motifs is 1. The summed E-state index contributed by atoms with van der Waals surface area (Å²) in [5, 5.41) is 6.12. The van der Waals surface area contributed by atoms with Crippen LogP contribution in [0.2, 0.25) is 0 Å². The van der Waals surface area contributed by atoms with Crippen molar-refractivity contribution in [2.45, 2.75) is 19.9 Å². The quantitative estimate of drug-likeness (QED) is 0.689. The molecule has 1 aliphatic rings. The van der Waals surface area contributed by atoms with E-state index in [2.05, 4.69) is 20.6 Å². The van der Waals surface area contributed by atoms with Gasteiger partial charge in [0.2, 0.25) is 0 Å². The van der Waals surface area contributed by atoms with Crippen LogP contribution in [0.25, 0.3) is 11.4 Å². The van der Waals surface area contributed by atoms with E-state index in [0.29, 0.717) is 42.0 Å². The van der Waals surface area contributed by atoms with Crippen molar-refractivity contribution in [3.63, 3.8) is 0 Å². The van der Waals surface area contributed by atoms with Crippen molar-refractivity contribution in [2.75, 3.05) is 18.5 Å². The van der Waals surface area contributed by atoms with Crippen molar-refractivity contribution in [3.05, 3.63) is 60.3 Å². The fraction of sp³-hybridized carbons (Fsp3) is 0.227. The number of ether oxygens (including phenoxy) is 2. The van der Waals surface area contributed by atoms with Gasteiger partial charge in [-0.1, -0.05) is 30.3 Å². The summed E-state index contributed by atoms with van der Waals surface area (Å²) in [6, 6.07) is 16.8. The van der Waals surface area contributed by atoms with Gasteiger partial charge >= 0.3 is 0 Å². The molecule has 0 radical (unpaired) electrons. The van der Waals surface area contributed by atoms with Crippen LogP contribution in [0.15, 0.2) is 54.6 Å². The minimum atomic E-state index is -0.246. The number of hydrogen-bond acceptors (Lipinski definition) is 6. The number of carbonyl (C=O) groups excluding carboxylic acids is 1. The average Bonchev–Trinajstić information content (AvgIpc) is 2.73. The van der Waals surface area contributed by atoms with Crippen LogP contribution in [0.3, 0.4) is 0 Å². The minimum Gasteiger partial charge on any atom is -0.486 e. The molecule has 0 atom stereocenters. The van der Waals surface area contributed by atoms with Gasteiger partial charge in [-0.25, -0.2) is 9.97 Å². The Hall–Kier alpha value is -3.61. The lowest BCUT2D eigenvalue weighted by Gasteiger charge is -2.19. The Bertz CT molecular complexity index is 1020. The Labute approximate surface area is 169 Å². The highest BCUT2D eigenvalue weighted by molar-refractivity contribution is 5.93. The predicted molar refractivity (Wildman–Crippen MR) is 111 cm³/mol. The van der Waals surface area contributed by atoms with Gasteiger partial charge in [-0.15, -0.1) is 0 Å². The second-order valence-electron chi connectivity index (χ2n) is 6.94. The van der Waals surface area contributed by atoms with Crippen molar-refractivity contribution in [2.24, 2.45) is 0 Å². The van der Waals surface area contributed by atoms with E-state index in [9.17, 15) is 4.79 Å². The third-order valence-electron chi connectivity index (χ3n) is 4.23. The summed E-state index contributed by atoms with van der Waals surface area (Å²) in [5.41, 5.74) is 1.91. The lowest BCUT2D eigenvalue weighted by Crippen LogP contribution is -2.31. The Balaban J connectivity index is 1.69. The molecule has 3 aromatic rings. The van der Waals surface area contributed by atoms with Crippen LogP contribution in [0.5, 0.6) is 11.5 Å². The van der Waals surface area contributed by atoms with Crippen LogP contribution >= 0.6 is 0 Å². The molecule has 2 aromatic carbocycles. The summed E-state index contributed by atoms with van der Waals surface area (Å²) in [6.45, 7) is 4.87. The molecule has 0 spiro atoms. The van der Waals surface area contributed by atoms with Gasteiger partial charge < -0.3 is 20.1 Å². The van der Waals surface area contributed by atoms with Crippen molar-refractivity contribution in [1.29, 1.82) is 0 Å². The van der Waals surface area contributed by atoms with Gasteiger partial charge in [-0.3, -0.25) is 4.79 Å². The highest BCUT2D eigenvalue weighted by Crippen LogP contribution is 2.33. The summed E-state index contributed by atoms with van der Waals surface area (Å²) in [7, 11) is 0. The number of nitrogens with zero attached hydrogens (tertiary/aromatic N) is 2. The molecular formula is C22H22N4O3. The monoisotopic (exact) mass is 390 g/mol. The molecule has 148 valence electrons. The Morgan fingerprint density at radius 1 is 0.966 bits per heavy atom. The van der Waals surface area contributed by atoms with E-state index in [1.54, 1.807) is 6.07 Å². The number of anilines is 2. The maximum Gasteiger partial charge on any atom is 0.270 e. The zero-order chi connectivity index (χ0) is 20.2. The molecule has 29 heavy (non-hydrogen) atoms. The number of aromatic nitrogens is 2. The van der Waals surface area contributed by atoms with Crippen molar-refractivity contribution in [3.8, 4) is 22.9 Å². The number of nitrogens with one attached hydrogen (secondary N) is 2. The Kier molecular flexibility index (Phi) is 5.29. The minimum absolute atomic E-state index is 0.00634. The van der Waals surface area contributed by atoms with E-state index in [0.717, 1.165) is 11.3 Å². The van der Waals surface area contributed by atoms with Gasteiger partial charge in [0.05, 0.1) is 0 Å². The number of amides is 1. The molecule has 1 aromatic heterocycles. The summed E-state index contributed by atoms with van der Waals surface area (Å²) in [6.07, 6.45) is 0. The van der Waals surface area contributed by atoms with E-state index in [4.69, 9.17) is 9.47 Å². The molecule has 2 heterocycles. The lowest BCUT2D eigenvalue weighted by atomic mass is 10.2. The maximum atomic E-state index is 12.6. The van der Waals surface area contributed by atoms with Gasteiger partial charge in [-0.05, 0) is 26.0 Å². The van der Waals surface area contributed by atoms with Gasteiger partial charge in [-0.2, -0.15) is 0 Å². The zero-order valence-electron chi connectivity index (χ0n) is 16.3. The fourth-order valence-corrected chi connectivity index (χ4v) is 2.95. The predicted octanol–water partition coefficient (Wildman–Crippen LogP) is 3.80. The molecule has 4 rings (SSSR count). The molecule has 0 aliphatic carbocycles. The van der Waals surface area contributed by atoms with E-state index >= 15 is 0 Å². The second kappa shape index (κ2) is 8.18. The number of rotatable bonds is 5. The van der Waals surface area contributed by atoms with Gasteiger partial charge in [0.15, 0.2) is 17.3 Å². The molecule has 0 fully saturated rings. The van der Waals surface area contributed by atoms with Gasteiger partial charge in [0.1, 0.15) is 24.7 Å². The maximum absolute atomic E-state index is 12.6. The van der Waals surface area contributed by atoms with Gasteiger partial charge in [0, 0.05) is 29.4 Å². The zero-order valence-corrected chi connectivity index (χ0v) is 16.3. The van der Waals surface area contributed by atoms with Crippen molar-refractivity contribution < 1.29 is 14.3 Å². The molecule has 7 heteroatoms. The highest BCUT2D eigenvalue weighted by atomic mass is 16.6. The first kappa shape index (κ1) is 18.7. The summed E-state index contributed by atoms with van der Waals surface area (Å²) < 4.78 is 11.2. The van der Waals surface area contributed by atoms with Crippen LogP contribution in [0.4, 0.5) is 11.5 Å². The first-order valence-electron chi connectivity index (χ1n) is 9.50. The Morgan fingerprint density at radius 3 is 2.48 bits per heavy atom. The molecule has 1 aliphatic heterocycles. The summed E-state index contributed by atoms with van der Waals surface area (Å²) in [5.74, 6) is 2.14. The fourth-order valence-electron chi connectivity index (χ4n) is 2.95. The average molecular weight is 390 g/mol. The normalized spacial score (nSPS) is 12.5. The third-order valence-corrected chi connectivity index (χ3v) is 4.23. The highest BCUT2D eigenvalue weighted by Gasteiger charge is 2.16. The van der Waals surface area contributed by atoms with E-state index in [1.165, 1.54) is 0 Å². The summed E-state index contributed by atoms with van der Waals surface area (Å²) in [4.78, 5) is 21.6. The van der Waals surface area contributed by atoms with Crippen LogP contribution in [-0.2, 0) is 0 Å². The number of carbonyl (C=O) groups is 1. The topological polar surface area (TPSA) is 85.4 Å². The molecule has 0 bridgehead atoms. The largest absolute Gasteiger partial charge is 0.486 e. The lowest BCUT2D eigenvalue weighted by molar-refractivity contribution is 0.0938. The first-order valence-corrected chi connectivity index (χ1v) is 9.50. The Morgan fingerprint density at radius 2 is 1.72 bits per heavy atom. The van der Waals surface area contributed by atoms with Crippen molar-refractivity contribution >= 4 is 17.4 Å². The van der Waals surface area contributed by atoms with Crippen LogP contribution < -0.4 is 20.1 Å².